The molecule has 0 radical (unpaired) electrons. The first kappa shape index (κ1) is 22.2. The molecule has 11 nitrogen and oxygen atoms in total. The van der Waals surface area contributed by atoms with E-state index >= 15 is 0 Å². The van der Waals surface area contributed by atoms with Crippen LogP contribution in [0.25, 0.3) is 0 Å². The fourth-order valence-corrected chi connectivity index (χ4v) is 3.88. The van der Waals surface area contributed by atoms with E-state index in [2.05, 4.69) is 17.6 Å². The third-order valence-electron chi connectivity index (χ3n) is 5.74. The number of esters is 1. The molecule has 1 aromatic rings. The summed E-state index contributed by atoms with van der Waals surface area (Å²) in [5.74, 6) is -1.70. The minimum Gasteiger partial charge on any atom is -0.454 e. The van der Waals surface area contributed by atoms with E-state index in [-0.39, 0.29) is 11.4 Å². The number of hydrogen-bond donors (Lipinski definition) is 2. The maximum absolute atomic E-state index is 12.7. The van der Waals surface area contributed by atoms with Crippen LogP contribution in [0.4, 0.5) is 16.2 Å². The molecule has 1 saturated carbocycles. The lowest BCUT2D eigenvalue weighted by atomic mass is 9.77. The van der Waals surface area contributed by atoms with E-state index in [1.54, 1.807) is 13.0 Å². The van der Waals surface area contributed by atoms with Crippen molar-refractivity contribution in [2.45, 2.75) is 45.1 Å². The van der Waals surface area contributed by atoms with Crippen molar-refractivity contribution in [2.24, 2.45) is 5.92 Å². The van der Waals surface area contributed by atoms with Crippen molar-refractivity contribution in [1.29, 1.82) is 0 Å². The summed E-state index contributed by atoms with van der Waals surface area (Å²) in [6.07, 6.45) is 2.63. The number of benzene rings is 1. The lowest BCUT2D eigenvalue weighted by molar-refractivity contribution is -0.384. The van der Waals surface area contributed by atoms with Gasteiger partial charge in [0.05, 0.1) is 4.92 Å². The highest BCUT2D eigenvalue weighted by atomic mass is 16.6. The molecule has 0 bridgehead atoms. The number of para-hydroxylation sites is 1. The maximum atomic E-state index is 12.7. The number of nitrogens with zero attached hydrogens (tertiary/aromatic N) is 2. The summed E-state index contributed by atoms with van der Waals surface area (Å²) in [5, 5.41) is 16.2. The molecular formula is C20H24N4O7. The first-order valence-corrected chi connectivity index (χ1v) is 9.96. The van der Waals surface area contributed by atoms with Gasteiger partial charge in [0, 0.05) is 6.07 Å². The zero-order valence-electron chi connectivity index (χ0n) is 17.3. The Morgan fingerprint density at radius 1 is 1.32 bits per heavy atom. The van der Waals surface area contributed by atoms with Gasteiger partial charge in [0.15, 0.2) is 6.61 Å². The fourth-order valence-electron chi connectivity index (χ4n) is 3.88. The number of nitrogens with one attached hydrogen (secondary N) is 2. The zero-order valence-corrected chi connectivity index (χ0v) is 17.3. The Bertz CT molecular complexity index is 937. The average molecular weight is 432 g/mol. The summed E-state index contributed by atoms with van der Waals surface area (Å²) in [4.78, 5) is 60.5. The van der Waals surface area contributed by atoms with Crippen LogP contribution < -0.4 is 10.6 Å². The molecule has 1 aliphatic heterocycles. The molecule has 2 aliphatic rings. The van der Waals surface area contributed by atoms with E-state index in [1.807, 2.05) is 0 Å². The molecule has 1 spiro atoms. The van der Waals surface area contributed by atoms with E-state index in [0.717, 1.165) is 17.7 Å². The number of hydrogen-bond acceptors (Lipinski definition) is 7. The highest BCUT2D eigenvalue weighted by Gasteiger charge is 2.52. The molecule has 166 valence electrons. The summed E-state index contributed by atoms with van der Waals surface area (Å²) >= 11 is 0. The molecule has 1 saturated heterocycles. The monoisotopic (exact) mass is 432 g/mol. The number of nitro groups is 1. The Hall–Kier alpha value is -3.50. The number of carbonyl (C=O) groups excluding carboxylic acids is 4. The van der Waals surface area contributed by atoms with Crippen molar-refractivity contribution in [3.05, 3.63) is 33.9 Å². The largest absolute Gasteiger partial charge is 0.454 e. The summed E-state index contributed by atoms with van der Waals surface area (Å²) in [6.45, 7) is 2.35. The highest BCUT2D eigenvalue weighted by Crippen LogP contribution is 2.36. The molecule has 2 fully saturated rings. The lowest BCUT2D eigenvalue weighted by Crippen LogP contribution is -2.49. The van der Waals surface area contributed by atoms with Gasteiger partial charge >= 0.3 is 12.0 Å². The SMILES string of the molecule is Cc1cccc([N+](=O)[O-])c1NC(=O)COC(=O)CN1C(=O)NC2(CCC(C)CC2)C1=O. The van der Waals surface area contributed by atoms with Gasteiger partial charge in [0.2, 0.25) is 0 Å². The Kier molecular flexibility index (Phi) is 6.23. The van der Waals surface area contributed by atoms with Crippen molar-refractivity contribution in [2.75, 3.05) is 18.5 Å². The molecule has 0 aromatic heterocycles. The Balaban J connectivity index is 1.55. The molecule has 0 unspecified atom stereocenters. The molecule has 11 heteroatoms. The van der Waals surface area contributed by atoms with E-state index in [9.17, 15) is 29.3 Å². The van der Waals surface area contributed by atoms with Gasteiger partial charge in [-0.15, -0.1) is 0 Å². The molecule has 2 N–H and O–H groups in total. The van der Waals surface area contributed by atoms with Crippen LogP contribution in [0.5, 0.6) is 0 Å². The topological polar surface area (TPSA) is 148 Å². The van der Waals surface area contributed by atoms with Crippen LogP contribution in [0.3, 0.4) is 0 Å². The molecule has 1 aromatic carbocycles. The second-order valence-corrected chi connectivity index (χ2v) is 8.02. The van der Waals surface area contributed by atoms with E-state index in [0.29, 0.717) is 24.3 Å². The number of ether oxygens (including phenoxy) is 1. The number of urea groups is 1. The quantitative estimate of drug-likeness (QED) is 0.302. The maximum Gasteiger partial charge on any atom is 0.326 e. The van der Waals surface area contributed by atoms with Crippen LogP contribution >= 0.6 is 0 Å². The molecule has 1 heterocycles. The van der Waals surface area contributed by atoms with Gasteiger partial charge in [0.25, 0.3) is 17.5 Å². The fraction of sp³-hybridized carbons (Fsp3) is 0.500. The summed E-state index contributed by atoms with van der Waals surface area (Å²) in [6, 6.07) is 3.67. The third kappa shape index (κ3) is 4.65. The van der Waals surface area contributed by atoms with Crippen LogP contribution in [0.1, 0.15) is 38.2 Å². The van der Waals surface area contributed by atoms with Crippen molar-refractivity contribution in [3.8, 4) is 0 Å². The van der Waals surface area contributed by atoms with Crippen molar-refractivity contribution in [3.63, 3.8) is 0 Å². The Morgan fingerprint density at radius 3 is 2.65 bits per heavy atom. The van der Waals surface area contributed by atoms with Crippen LogP contribution in [-0.2, 0) is 19.1 Å². The first-order valence-electron chi connectivity index (χ1n) is 9.96. The number of carbonyl (C=O) groups is 4. The second-order valence-electron chi connectivity index (χ2n) is 8.02. The van der Waals surface area contributed by atoms with E-state index < -0.39 is 47.4 Å². The molecule has 1 aliphatic carbocycles. The van der Waals surface area contributed by atoms with Gasteiger partial charge in [-0.3, -0.25) is 29.4 Å². The average Bonchev–Trinajstić information content (AvgIpc) is 2.94. The lowest BCUT2D eigenvalue weighted by Gasteiger charge is -2.33. The molecular weight excluding hydrogens is 408 g/mol. The number of aryl methyl sites for hydroxylation is 1. The summed E-state index contributed by atoms with van der Waals surface area (Å²) < 4.78 is 4.87. The molecule has 3 rings (SSSR count). The van der Waals surface area contributed by atoms with Crippen molar-refractivity contribution < 1.29 is 28.8 Å². The third-order valence-corrected chi connectivity index (χ3v) is 5.74. The smallest absolute Gasteiger partial charge is 0.326 e. The Morgan fingerprint density at radius 2 is 2.00 bits per heavy atom. The first-order chi connectivity index (χ1) is 14.6. The predicted molar refractivity (Wildman–Crippen MR) is 108 cm³/mol. The second kappa shape index (κ2) is 8.70. The van der Waals surface area contributed by atoms with Crippen molar-refractivity contribution >= 4 is 35.2 Å². The van der Waals surface area contributed by atoms with E-state index in [1.165, 1.54) is 12.1 Å². The van der Waals surface area contributed by atoms with Crippen LogP contribution in [0, 0.1) is 23.0 Å². The minimum atomic E-state index is -0.967. The van der Waals surface area contributed by atoms with Gasteiger partial charge in [-0.2, -0.15) is 0 Å². The van der Waals surface area contributed by atoms with Gasteiger partial charge in [-0.1, -0.05) is 19.1 Å². The van der Waals surface area contributed by atoms with Gasteiger partial charge in [-0.25, -0.2) is 4.79 Å². The Labute approximate surface area is 178 Å². The molecule has 0 atom stereocenters. The van der Waals surface area contributed by atoms with E-state index in [4.69, 9.17) is 4.74 Å². The minimum absolute atomic E-state index is 0.0103. The predicted octanol–water partition coefficient (Wildman–Crippen LogP) is 1.89. The summed E-state index contributed by atoms with van der Waals surface area (Å²) in [7, 11) is 0. The van der Waals surface area contributed by atoms with Crippen LogP contribution in [0.15, 0.2) is 18.2 Å². The number of anilines is 1. The van der Waals surface area contributed by atoms with Gasteiger partial charge in [-0.05, 0) is 44.1 Å². The van der Waals surface area contributed by atoms with Crippen LogP contribution in [0.2, 0.25) is 0 Å². The molecule has 31 heavy (non-hydrogen) atoms. The van der Waals surface area contributed by atoms with Gasteiger partial charge in [0.1, 0.15) is 17.8 Å². The molecule has 4 amide bonds. The summed E-state index contributed by atoms with van der Waals surface area (Å²) in [5.41, 5.74) is -0.770. The number of imide groups is 1. The van der Waals surface area contributed by atoms with Crippen LogP contribution in [-0.4, -0.2) is 52.3 Å². The van der Waals surface area contributed by atoms with Crippen molar-refractivity contribution in [1.82, 2.24) is 10.2 Å². The number of amides is 4. The highest BCUT2D eigenvalue weighted by molar-refractivity contribution is 6.08. The zero-order chi connectivity index (χ0) is 22.8. The standard InChI is InChI=1S/C20H24N4O7/c1-12-6-8-20(9-7-12)18(27)23(19(28)22-20)10-16(26)31-11-15(25)21-17-13(2)4-3-5-14(17)24(29)30/h3-5,12H,6-11H2,1-2H3,(H,21,25)(H,22,28). The number of rotatable bonds is 6. The van der Waals surface area contributed by atoms with Gasteiger partial charge < -0.3 is 15.4 Å². The normalized spacial score (nSPS) is 22.9. The number of nitro benzene ring substituents is 1.